The molecule has 0 saturated carbocycles. The quantitative estimate of drug-likeness (QED) is 0.806. The Bertz CT molecular complexity index is 622. The van der Waals surface area contributed by atoms with Crippen molar-refractivity contribution in [1.82, 2.24) is 0 Å². The Hall–Kier alpha value is -0.830. The van der Waals surface area contributed by atoms with E-state index in [1.54, 1.807) is 0 Å². The Labute approximate surface area is 127 Å². The van der Waals surface area contributed by atoms with Gasteiger partial charge >= 0.3 is 0 Å². The van der Waals surface area contributed by atoms with E-state index in [9.17, 15) is 5.11 Å². The van der Waals surface area contributed by atoms with Gasteiger partial charge in [0.05, 0.1) is 5.02 Å². The van der Waals surface area contributed by atoms with E-state index in [4.69, 9.17) is 11.6 Å². The molecule has 0 aliphatic rings. The van der Waals surface area contributed by atoms with Crippen LogP contribution in [0, 0.1) is 20.8 Å². The van der Waals surface area contributed by atoms with Gasteiger partial charge in [0.15, 0.2) is 0 Å². The maximum absolute atomic E-state index is 10.6. The highest BCUT2D eigenvalue weighted by Gasteiger charge is 2.17. The average Bonchev–Trinajstić information content (AvgIpc) is 2.36. The molecule has 1 N–H and O–H groups in total. The Morgan fingerprint density at radius 3 is 2.32 bits per heavy atom. The van der Waals surface area contributed by atoms with Gasteiger partial charge in [-0.2, -0.15) is 0 Å². The van der Waals surface area contributed by atoms with Gasteiger partial charge in [-0.25, -0.2) is 0 Å². The molecule has 3 heteroatoms. The van der Waals surface area contributed by atoms with Crippen LogP contribution >= 0.6 is 27.5 Å². The minimum atomic E-state index is -0.704. The Kier molecular flexibility index (Phi) is 4.34. The van der Waals surface area contributed by atoms with E-state index in [1.165, 1.54) is 11.1 Å². The number of aliphatic hydroxyl groups excluding tert-OH is 1. The second kappa shape index (κ2) is 5.66. The Morgan fingerprint density at radius 2 is 1.63 bits per heavy atom. The number of rotatable bonds is 2. The highest BCUT2D eigenvalue weighted by molar-refractivity contribution is 9.10. The van der Waals surface area contributed by atoms with E-state index in [0.717, 1.165) is 21.2 Å². The summed E-state index contributed by atoms with van der Waals surface area (Å²) in [4.78, 5) is 0. The molecule has 0 saturated heterocycles. The lowest BCUT2D eigenvalue weighted by atomic mass is 9.93. The van der Waals surface area contributed by atoms with E-state index in [2.05, 4.69) is 28.9 Å². The molecule has 0 spiro atoms. The van der Waals surface area contributed by atoms with Crippen molar-refractivity contribution in [2.24, 2.45) is 0 Å². The third kappa shape index (κ3) is 2.86. The van der Waals surface area contributed by atoms with Crippen LogP contribution in [-0.2, 0) is 0 Å². The summed E-state index contributed by atoms with van der Waals surface area (Å²) >= 11 is 9.64. The van der Waals surface area contributed by atoms with Crippen molar-refractivity contribution in [2.45, 2.75) is 26.9 Å². The van der Waals surface area contributed by atoms with Crippen molar-refractivity contribution in [1.29, 1.82) is 0 Å². The van der Waals surface area contributed by atoms with E-state index >= 15 is 0 Å². The molecule has 0 fully saturated rings. The zero-order chi connectivity index (χ0) is 14.2. The first-order valence-corrected chi connectivity index (χ1v) is 7.28. The smallest absolute Gasteiger partial charge is 0.106 e. The predicted molar refractivity (Wildman–Crippen MR) is 83.9 cm³/mol. The van der Waals surface area contributed by atoms with Crippen LogP contribution in [0.5, 0.6) is 0 Å². The second-order valence-corrected chi connectivity index (χ2v) is 6.07. The van der Waals surface area contributed by atoms with Gasteiger partial charge in [-0.1, -0.05) is 35.9 Å². The highest BCUT2D eigenvalue weighted by Crippen LogP contribution is 2.35. The van der Waals surface area contributed by atoms with Crippen LogP contribution in [0.3, 0.4) is 0 Å². The first-order chi connectivity index (χ1) is 8.91. The molecule has 2 rings (SSSR count). The molecule has 2 aromatic rings. The van der Waals surface area contributed by atoms with Crippen LogP contribution in [0.15, 0.2) is 34.8 Å². The number of aryl methyl sites for hydroxylation is 3. The van der Waals surface area contributed by atoms with E-state index in [0.29, 0.717) is 5.02 Å². The zero-order valence-electron chi connectivity index (χ0n) is 11.2. The molecule has 0 bridgehead atoms. The van der Waals surface area contributed by atoms with Crippen LogP contribution in [0.4, 0.5) is 0 Å². The van der Waals surface area contributed by atoms with Crippen molar-refractivity contribution >= 4 is 27.5 Å². The second-order valence-electron chi connectivity index (χ2n) is 4.84. The van der Waals surface area contributed by atoms with Gasteiger partial charge in [0.25, 0.3) is 0 Å². The molecular formula is C16H16BrClO. The van der Waals surface area contributed by atoms with Crippen LogP contribution in [0.25, 0.3) is 0 Å². The number of benzene rings is 2. The standard InChI is InChI=1S/C16H16BrClO/c1-9-7-11(3)13(8-10(9)2)16(19)12-5-4-6-14(17)15(12)18/h4-8,16,19H,1-3H3. The monoisotopic (exact) mass is 338 g/mol. The molecule has 1 unspecified atom stereocenters. The molecular weight excluding hydrogens is 324 g/mol. The SMILES string of the molecule is Cc1cc(C)c(C(O)c2cccc(Br)c2Cl)cc1C. The Morgan fingerprint density at radius 1 is 1.00 bits per heavy atom. The summed E-state index contributed by atoms with van der Waals surface area (Å²) < 4.78 is 0.798. The number of halogens is 2. The fourth-order valence-electron chi connectivity index (χ4n) is 2.18. The van der Waals surface area contributed by atoms with Gasteiger partial charge in [-0.3, -0.25) is 0 Å². The summed E-state index contributed by atoms with van der Waals surface area (Å²) in [6.07, 6.45) is -0.704. The van der Waals surface area contributed by atoms with Gasteiger partial charge in [0.1, 0.15) is 6.10 Å². The van der Waals surface area contributed by atoms with Crippen LogP contribution in [0.2, 0.25) is 5.02 Å². The molecule has 2 aromatic carbocycles. The molecule has 100 valence electrons. The summed E-state index contributed by atoms with van der Waals surface area (Å²) in [6.45, 7) is 6.13. The fraction of sp³-hybridized carbons (Fsp3) is 0.250. The number of hydrogen-bond donors (Lipinski definition) is 1. The van der Waals surface area contributed by atoms with Crippen LogP contribution < -0.4 is 0 Å². The normalized spacial score (nSPS) is 12.5. The molecule has 0 aliphatic heterocycles. The fourth-order valence-corrected chi connectivity index (χ4v) is 2.79. The van der Waals surface area contributed by atoms with E-state index in [-0.39, 0.29) is 0 Å². The highest BCUT2D eigenvalue weighted by atomic mass is 79.9. The first-order valence-electron chi connectivity index (χ1n) is 6.11. The van der Waals surface area contributed by atoms with Crippen molar-refractivity contribution in [3.05, 3.63) is 67.6 Å². The molecule has 1 nitrogen and oxygen atoms in total. The lowest BCUT2D eigenvalue weighted by Crippen LogP contribution is -2.04. The molecule has 0 aliphatic carbocycles. The van der Waals surface area contributed by atoms with Gasteiger partial charge in [-0.15, -0.1) is 0 Å². The maximum Gasteiger partial charge on any atom is 0.106 e. The number of hydrogen-bond acceptors (Lipinski definition) is 1. The molecule has 0 radical (unpaired) electrons. The topological polar surface area (TPSA) is 20.2 Å². The number of aliphatic hydroxyl groups is 1. The summed E-state index contributed by atoms with van der Waals surface area (Å²) in [5.41, 5.74) is 5.11. The lowest BCUT2D eigenvalue weighted by Gasteiger charge is -2.18. The van der Waals surface area contributed by atoms with Crippen molar-refractivity contribution in [2.75, 3.05) is 0 Å². The summed E-state index contributed by atoms with van der Waals surface area (Å²) in [7, 11) is 0. The van der Waals surface area contributed by atoms with Crippen molar-refractivity contribution < 1.29 is 5.11 Å². The van der Waals surface area contributed by atoms with E-state index < -0.39 is 6.10 Å². The largest absolute Gasteiger partial charge is 0.384 e. The molecule has 0 heterocycles. The summed E-state index contributed by atoms with van der Waals surface area (Å²) in [6, 6.07) is 9.73. The third-order valence-electron chi connectivity index (χ3n) is 3.45. The van der Waals surface area contributed by atoms with E-state index in [1.807, 2.05) is 38.1 Å². The van der Waals surface area contributed by atoms with Crippen LogP contribution in [-0.4, -0.2) is 5.11 Å². The maximum atomic E-state index is 10.6. The minimum absolute atomic E-state index is 0.563. The van der Waals surface area contributed by atoms with Crippen LogP contribution in [0.1, 0.15) is 33.9 Å². The molecule has 0 aromatic heterocycles. The average molecular weight is 340 g/mol. The zero-order valence-corrected chi connectivity index (χ0v) is 13.5. The molecule has 19 heavy (non-hydrogen) atoms. The van der Waals surface area contributed by atoms with Crippen molar-refractivity contribution in [3.63, 3.8) is 0 Å². The van der Waals surface area contributed by atoms with Gasteiger partial charge in [-0.05, 0) is 65.0 Å². The summed E-state index contributed by atoms with van der Waals surface area (Å²) in [5, 5.41) is 11.2. The predicted octanol–water partition coefficient (Wildman–Crippen LogP) is 5.11. The lowest BCUT2D eigenvalue weighted by molar-refractivity contribution is 0.219. The van der Waals surface area contributed by atoms with Gasteiger partial charge in [0.2, 0.25) is 0 Å². The third-order valence-corrected chi connectivity index (χ3v) is 4.76. The minimum Gasteiger partial charge on any atom is -0.384 e. The Balaban J connectivity index is 2.53. The van der Waals surface area contributed by atoms with Crippen molar-refractivity contribution in [3.8, 4) is 0 Å². The van der Waals surface area contributed by atoms with Gasteiger partial charge < -0.3 is 5.11 Å². The van der Waals surface area contributed by atoms with Gasteiger partial charge in [0, 0.05) is 10.0 Å². The molecule has 0 amide bonds. The summed E-state index contributed by atoms with van der Waals surface area (Å²) in [5.74, 6) is 0. The molecule has 1 atom stereocenters. The first kappa shape index (κ1) is 14.6.